The van der Waals surface area contributed by atoms with Gasteiger partial charge in [0.1, 0.15) is 11.5 Å². The molecule has 0 N–H and O–H groups in total. The summed E-state index contributed by atoms with van der Waals surface area (Å²) < 4.78 is 32.3. The fourth-order valence-corrected chi connectivity index (χ4v) is 2.95. The van der Waals surface area contributed by atoms with Crippen molar-refractivity contribution in [1.82, 2.24) is 0 Å². The van der Waals surface area contributed by atoms with Gasteiger partial charge in [-0.3, -0.25) is 0 Å². The Hall–Kier alpha value is -0.130. The summed E-state index contributed by atoms with van der Waals surface area (Å²) in [5.41, 5.74) is 0. The lowest BCUT2D eigenvalue weighted by molar-refractivity contribution is -0.211. The molecule has 0 unspecified atom stereocenters. The molecule has 5 heteroatoms. The van der Waals surface area contributed by atoms with Gasteiger partial charge in [-0.15, -0.1) is 0 Å². The molecule has 0 aromatic carbocycles. The van der Waals surface area contributed by atoms with E-state index in [1.54, 1.807) is 0 Å². The van der Waals surface area contributed by atoms with Gasteiger partial charge < -0.3 is 9.47 Å². The number of hydrogen-bond donors (Lipinski definition) is 0. The average Bonchev–Trinajstić information content (AvgIpc) is 1.83. The quantitative estimate of drug-likeness (QED) is 0.599. The molecule has 0 bridgehead atoms. The molecule has 1 heterocycles. The fraction of sp³-hybridized carbons (Fsp3) is 1.00. The Morgan fingerprint density at radius 1 is 1.17 bits per heavy atom. The van der Waals surface area contributed by atoms with Crippen LogP contribution in [-0.4, -0.2) is 38.9 Å². The molecule has 1 fully saturated rings. The van der Waals surface area contributed by atoms with Crippen molar-refractivity contribution in [3.05, 3.63) is 0 Å². The molecule has 72 valence electrons. The maximum absolute atomic E-state index is 10.9. The molecule has 0 saturated carbocycles. The highest BCUT2D eigenvalue weighted by Crippen LogP contribution is 2.28. The second-order valence-corrected chi connectivity index (χ2v) is 4.87. The van der Waals surface area contributed by atoms with Crippen molar-refractivity contribution in [3.63, 3.8) is 0 Å². The van der Waals surface area contributed by atoms with Crippen LogP contribution < -0.4 is 0 Å². The summed E-state index contributed by atoms with van der Waals surface area (Å²) in [6, 6.07) is 0. The number of hydrogen-bond acceptors (Lipinski definition) is 4. The van der Waals surface area contributed by atoms with E-state index in [9.17, 15) is 8.42 Å². The Labute approximate surface area is 72.8 Å². The minimum Gasteiger partial charge on any atom is -0.348 e. The van der Waals surface area contributed by atoms with Gasteiger partial charge in [0.05, 0.1) is 0 Å². The maximum atomic E-state index is 10.9. The Morgan fingerprint density at radius 3 is 1.83 bits per heavy atom. The first-order valence-corrected chi connectivity index (χ1v) is 5.84. The van der Waals surface area contributed by atoms with E-state index in [1.165, 1.54) is 0 Å². The number of sulfone groups is 1. The highest BCUT2D eigenvalue weighted by atomic mass is 32.2. The van der Waals surface area contributed by atoms with Gasteiger partial charge in [0, 0.05) is 13.2 Å². The lowest BCUT2D eigenvalue weighted by atomic mass is 10.3. The van der Waals surface area contributed by atoms with E-state index >= 15 is 0 Å². The predicted octanol–water partition coefficient (Wildman–Crippen LogP) is 0.184. The van der Waals surface area contributed by atoms with E-state index in [0.29, 0.717) is 13.2 Å². The largest absolute Gasteiger partial charge is 0.348 e. The maximum Gasteiger partial charge on any atom is 0.196 e. The molecule has 4 nitrogen and oxygen atoms in total. The topological polar surface area (TPSA) is 52.6 Å². The molecule has 0 spiro atoms. The van der Waals surface area contributed by atoms with Crippen molar-refractivity contribution in [2.45, 2.75) is 19.6 Å². The van der Waals surface area contributed by atoms with Gasteiger partial charge in [-0.05, 0) is 13.8 Å². The van der Waals surface area contributed by atoms with Gasteiger partial charge in [0.25, 0.3) is 0 Å². The average molecular weight is 194 g/mol. The Balaban J connectivity index is 2.55. The molecule has 1 aliphatic heterocycles. The normalized spacial score (nSPS) is 24.8. The molecule has 0 aromatic rings. The van der Waals surface area contributed by atoms with Gasteiger partial charge in [0.2, 0.25) is 0 Å². The Bertz CT molecular complexity index is 224. The van der Waals surface area contributed by atoms with Gasteiger partial charge in [0.15, 0.2) is 15.6 Å². The summed E-state index contributed by atoms with van der Waals surface area (Å²) in [5, 5.41) is 0. The third kappa shape index (κ3) is 1.97. The van der Waals surface area contributed by atoms with Crippen LogP contribution in [0.5, 0.6) is 0 Å². The lowest BCUT2D eigenvalue weighted by Gasteiger charge is -2.39. The van der Waals surface area contributed by atoms with Crippen LogP contribution in [0, 0.1) is 0 Å². The standard InChI is InChI=1S/C7H14O4S/c1-3-10-7(11-4-2)5-12(8,9)6-7/h3-6H2,1-2H3. The first kappa shape index (κ1) is 9.95. The van der Waals surface area contributed by atoms with E-state index in [0.717, 1.165) is 0 Å². The molecule has 1 saturated heterocycles. The zero-order valence-electron chi connectivity index (χ0n) is 7.37. The minimum absolute atomic E-state index is 0.00167. The number of ether oxygens (including phenoxy) is 2. The fourth-order valence-electron chi connectivity index (χ4n) is 1.36. The van der Waals surface area contributed by atoms with E-state index in [1.807, 2.05) is 13.8 Å². The molecular weight excluding hydrogens is 180 g/mol. The zero-order valence-corrected chi connectivity index (χ0v) is 8.19. The molecule has 0 atom stereocenters. The summed E-state index contributed by atoms with van der Waals surface area (Å²) in [6.45, 7) is 4.61. The summed E-state index contributed by atoms with van der Waals surface area (Å²) in [4.78, 5) is 0. The smallest absolute Gasteiger partial charge is 0.196 e. The van der Waals surface area contributed by atoms with E-state index in [4.69, 9.17) is 9.47 Å². The van der Waals surface area contributed by atoms with Gasteiger partial charge in [-0.1, -0.05) is 0 Å². The molecular formula is C7H14O4S. The van der Waals surface area contributed by atoms with Gasteiger partial charge in [-0.2, -0.15) is 0 Å². The lowest BCUT2D eigenvalue weighted by Crippen LogP contribution is -2.58. The monoisotopic (exact) mass is 194 g/mol. The second-order valence-electron chi connectivity index (χ2n) is 2.81. The summed E-state index contributed by atoms with van der Waals surface area (Å²) >= 11 is 0. The van der Waals surface area contributed by atoms with Gasteiger partial charge in [-0.25, -0.2) is 8.42 Å². The van der Waals surface area contributed by atoms with Crippen molar-refractivity contribution in [2.24, 2.45) is 0 Å². The van der Waals surface area contributed by atoms with Crippen LogP contribution in [0.3, 0.4) is 0 Å². The van der Waals surface area contributed by atoms with Crippen LogP contribution in [0.15, 0.2) is 0 Å². The van der Waals surface area contributed by atoms with Crippen molar-refractivity contribution >= 4 is 9.84 Å². The third-order valence-corrected chi connectivity index (χ3v) is 3.45. The highest BCUT2D eigenvalue weighted by Gasteiger charge is 2.50. The highest BCUT2D eigenvalue weighted by molar-refractivity contribution is 7.93. The van der Waals surface area contributed by atoms with E-state index < -0.39 is 15.6 Å². The molecule has 0 radical (unpaired) electrons. The molecule has 1 aliphatic rings. The first-order chi connectivity index (χ1) is 5.54. The van der Waals surface area contributed by atoms with Crippen molar-refractivity contribution in [3.8, 4) is 0 Å². The molecule has 1 rings (SSSR count). The number of rotatable bonds is 4. The van der Waals surface area contributed by atoms with Crippen LogP contribution in [0.25, 0.3) is 0 Å². The van der Waals surface area contributed by atoms with E-state index in [-0.39, 0.29) is 11.5 Å². The zero-order chi connectivity index (χ0) is 9.24. The Kier molecular flexibility index (Phi) is 2.75. The molecule has 0 aromatic heterocycles. The first-order valence-electron chi connectivity index (χ1n) is 4.02. The molecule has 0 amide bonds. The SMILES string of the molecule is CCOC1(OCC)CS(=O)(=O)C1. The third-order valence-electron chi connectivity index (χ3n) is 1.69. The molecule has 12 heavy (non-hydrogen) atoms. The minimum atomic E-state index is -2.88. The Morgan fingerprint density at radius 2 is 1.58 bits per heavy atom. The van der Waals surface area contributed by atoms with Crippen LogP contribution in [0.2, 0.25) is 0 Å². The summed E-state index contributed by atoms with van der Waals surface area (Å²) in [5.74, 6) is -0.828. The van der Waals surface area contributed by atoms with Crippen LogP contribution in [-0.2, 0) is 19.3 Å². The van der Waals surface area contributed by atoms with Crippen molar-refractivity contribution in [2.75, 3.05) is 24.7 Å². The van der Waals surface area contributed by atoms with Gasteiger partial charge >= 0.3 is 0 Å². The second kappa shape index (κ2) is 3.32. The van der Waals surface area contributed by atoms with Crippen molar-refractivity contribution < 1.29 is 17.9 Å². The summed E-state index contributed by atoms with van der Waals surface area (Å²) in [7, 11) is -2.88. The van der Waals surface area contributed by atoms with Crippen molar-refractivity contribution in [1.29, 1.82) is 0 Å². The predicted molar refractivity (Wildman–Crippen MR) is 44.6 cm³/mol. The summed E-state index contributed by atoms with van der Waals surface area (Å²) in [6.07, 6.45) is 0. The van der Waals surface area contributed by atoms with E-state index in [2.05, 4.69) is 0 Å². The van der Waals surface area contributed by atoms with Crippen LogP contribution >= 0.6 is 0 Å². The van der Waals surface area contributed by atoms with Crippen LogP contribution in [0.4, 0.5) is 0 Å². The molecule has 0 aliphatic carbocycles. The van der Waals surface area contributed by atoms with Crippen LogP contribution in [0.1, 0.15) is 13.8 Å².